The summed E-state index contributed by atoms with van der Waals surface area (Å²) in [6.45, 7) is 10.4. The van der Waals surface area contributed by atoms with Crippen LogP contribution in [-0.2, 0) is 12.8 Å². The van der Waals surface area contributed by atoms with Crippen LogP contribution in [0, 0.1) is 0 Å². The van der Waals surface area contributed by atoms with Crippen LogP contribution in [0.2, 0.25) is 0 Å². The standard InChI is InChI=1S/C26H37N3O2/c1-6-9-20-15-22(23(30)8-3)16-21(10-7-2)24(20)31-25(26(27)29-28)19-13-11-18(12-14-19)17(4)5/h11-17,25H,6-10,28H2,1-5H3,(H2,27,29). The van der Waals surface area contributed by atoms with E-state index in [1.165, 1.54) is 5.56 Å². The van der Waals surface area contributed by atoms with Crippen LogP contribution < -0.4 is 16.3 Å². The number of nitrogens with zero attached hydrogens (tertiary/aromatic N) is 1. The monoisotopic (exact) mass is 423 g/mol. The zero-order valence-corrected chi connectivity index (χ0v) is 19.6. The number of carbonyl (C=O) groups is 1. The first-order valence-electron chi connectivity index (χ1n) is 11.3. The molecule has 2 aromatic carbocycles. The Morgan fingerprint density at radius 3 is 1.90 bits per heavy atom. The Kier molecular flexibility index (Phi) is 9.10. The number of ketones is 1. The predicted octanol–water partition coefficient (Wildman–Crippen LogP) is 5.66. The number of nitrogens with two attached hydrogens (primary N) is 2. The van der Waals surface area contributed by atoms with Crippen molar-refractivity contribution >= 4 is 11.6 Å². The van der Waals surface area contributed by atoms with Crippen molar-refractivity contribution in [1.82, 2.24) is 0 Å². The van der Waals surface area contributed by atoms with Gasteiger partial charge >= 0.3 is 0 Å². The van der Waals surface area contributed by atoms with Crippen molar-refractivity contribution in [2.45, 2.75) is 78.7 Å². The normalized spacial score (nSPS) is 12.8. The lowest BCUT2D eigenvalue weighted by Crippen LogP contribution is -2.28. The third-order valence-corrected chi connectivity index (χ3v) is 5.48. The summed E-state index contributed by atoms with van der Waals surface area (Å²) in [4.78, 5) is 12.4. The number of hydrogen-bond donors (Lipinski definition) is 2. The Balaban J connectivity index is 2.57. The largest absolute Gasteiger partial charge is 0.477 e. The zero-order chi connectivity index (χ0) is 23.0. The number of ether oxygens (including phenoxy) is 1. The molecule has 0 aliphatic carbocycles. The van der Waals surface area contributed by atoms with Gasteiger partial charge in [0.15, 0.2) is 17.7 Å². The fourth-order valence-corrected chi connectivity index (χ4v) is 3.72. The molecule has 4 N–H and O–H groups in total. The van der Waals surface area contributed by atoms with E-state index in [9.17, 15) is 4.79 Å². The Bertz CT molecular complexity index is 874. The fourth-order valence-electron chi connectivity index (χ4n) is 3.72. The van der Waals surface area contributed by atoms with Crippen molar-refractivity contribution in [3.8, 4) is 5.75 Å². The topological polar surface area (TPSA) is 90.7 Å². The van der Waals surface area contributed by atoms with E-state index in [4.69, 9.17) is 16.3 Å². The maximum atomic E-state index is 12.4. The molecular formula is C26H37N3O2. The SMILES string of the molecule is CCCc1cc(C(=O)CC)cc(CCC)c1OC(/C(N)=N/N)c1ccc(C(C)C)cc1. The van der Waals surface area contributed by atoms with Gasteiger partial charge in [-0.25, -0.2) is 0 Å². The van der Waals surface area contributed by atoms with Gasteiger partial charge in [0.25, 0.3) is 0 Å². The molecule has 2 aromatic rings. The molecule has 0 aliphatic rings. The van der Waals surface area contributed by atoms with Gasteiger partial charge in [-0.3, -0.25) is 4.79 Å². The van der Waals surface area contributed by atoms with Gasteiger partial charge in [0.1, 0.15) is 5.75 Å². The Hall–Kier alpha value is -2.82. The summed E-state index contributed by atoms with van der Waals surface area (Å²) < 4.78 is 6.54. The van der Waals surface area contributed by atoms with E-state index in [-0.39, 0.29) is 11.6 Å². The highest BCUT2D eigenvalue weighted by Crippen LogP contribution is 2.33. The van der Waals surface area contributed by atoms with Crippen molar-refractivity contribution in [3.05, 3.63) is 64.2 Å². The maximum absolute atomic E-state index is 12.4. The molecular weight excluding hydrogens is 386 g/mol. The van der Waals surface area contributed by atoms with E-state index in [1.807, 2.05) is 31.2 Å². The van der Waals surface area contributed by atoms with Crippen LogP contribution in [0.4, 0.5) is 0 Å². The minimum absolute atomic E-state index is 0.144. The van der Waals surface area contributed by atoms with Gasteiger partial charge in [0.05, 0.1) is 0 Å². The van der Waals surface area contributed by atoms with Crippen LogP contribution in [0.5, 0.6) is 5.75 Å². The first-order chi connectivity index (χ1) is 14.9. The van der Waals surface area contributed by atoms with Crippen LogP contribution in [0.15, 0.2) is 41.5 Å². The molecule has 0 bridgehead atoms. The number of carbonyl (C=O) groups excluding carboxylic acids is 1. The molecule has 168 valence electrons. The van der Waals surface area contributed by atoms with E-state index in [2.05, 4.69) is 44.9 Å². The number of Topliss-reactive ketones (excluding diaryl/α,β-unsaturated/α-hetero) is 1. The molecule has 0 aliphatic heterocycles. The summed E-state index contributed by atoms with van der Waals surface area (Å²) in [5, 5.41) is 3.74. The van der Waals surface area contributed by atoms with Crippen LogP contribution in [0.25, 0.3) is 0 Å². The molecule has 5 nitrogen and oxygen atoms in total. The smallest absolute Gasteiger partial charge is 0.182 e. The lowest BCUT2D eigenvalue weighted by molar-refractivity contribution is 0.0988. The maximum Gasteiger partial charge on any atom is 0.182 e. The number of benzene rings is 2. The summed E-state index contributed by atoms with van der Waals surface area (Å²) in [7, 11) is 0. The average Bonchev–Trinajstić information content (AvgIpc) is 2.77. The van der Waals surface area contributed by atoms with Crippen molar-refractivity contribution in [2.24, 2.45) is 16.7 Å². The van der Waals surface area contributed by atoms with Gasteiger partial charge in [-0.05, 0) is 47.6 Å². The fraction of sp³-hybridized carbons (Fsp3) is 0.462. The third-order valence-electron chi connectivity index (χ3n) is 5.48. The molecule has 1 unspecified atom stereocenters. The van der Waals surface area contributed by atoms with E-state index in [1.54, 1.807) is 0 Å². The molecule has 0 amide bonds. The lowest BCUT2D eigenvalue weighted by Gasteiger charge is -2.24. The second-order valence-corrected chi connectivity index (χ2v) is 8.27. The van der Waals surface area contributed by atoms with Gasteiger partial charge in [0.2, 0.25) is 0 Å². The molecule has 0 fully saturated rings. The number of hydrazone groups is 1. The average molecular weight is 424 g/mol. The van der Waals surface area contributed by atoms with Gasteiger partial charge in [0, 0.05) is 17.5 Å². The highest BCUT2D eigenvalue weighted by molar-refractivity contribution is 5.96. The van der Waals surface area contributed by atoms with Crippen LogP contribution in [0.3, 0.4) is 0 Å². The minimum Gasteiger partial charge on any atom is -0.477 e. The molecule has 0 aromatic heterocycles. The Labute approximate surface area is 186 Å². The molecule has 0 spiro atoms. The van der Waals surface area contributed by atoms with E-state index in [0.29, 0.717) is 12.3 Å². The summed E-state index contributed by atoms with van der Waals surface area (Å²) in [5.41, 5.74) is 11.1. The zero-order valence-electron chi connectivity index (χ0n) is 19.6. The quantitative estimate of drug-likeness (QED) is 0.160. The summed E-state index contributed by atoms with van der Waals surface area (Å²) in [6.07, 6.45) is 3.41. The minimum atomic E-state index is -0.592. The van der Waals surface area contributed by atoms with E-state index in [0.717, 1.165) is 53.7 Å². The van der Waals surface area contributed by atoms with Gasteiger partial charge in [-0.15, -0.1) is 0 Å². The van der Waals surface area contributed by atoms with Crippen LogP contribution >= 0.6 is 0 Å². The number of hydrogen-bond acceptors (Lipinski definition) is 4. The van der Waals surface area contributed by atoms with E-state index < -0.39 is 6.10 Å². The number of rotatable bonds is 11. The highest BCUT2D eigenvalue weighted by atomic mass is 16.5. The third kappa shape index (κ3) is 6.09. The number of amidine groups is 1. The van der Waals surface area contributed by atoms with Crippen LogP contribution in [0.1, 0.15) is 98.5 Å². The van der Waals surface area contributed by atoms with Crippen molar-refractivity contribution in [1.29, 1.82) is 0 Å². The molecule has 0 radical (unpaired) electrons. The van der Waals surface area contributed by atoms with Crippen molar-refractivity contribution in [3.63, 3.8) is 0 Å². The molecule has 0 heterocycles. The molecule has 0 saturated carbocycles. The second kappa shape index (κ2) is 11.5. The Morgan fingerprint density at radius 2 is 1.48 bits per heavy atom. The molecule has 0 saturated heterocycles. The van der Waals surface area contributed by atoms with Crippen LogP contribution in [-0.4, -0.2) is 11.6 Å². The Morgan fingerprint density at radius 1 is 0.968 bits per heavy atom. The summed E-state index contributed by atoms with van der Waals surface area (Å²) in [5.74, 6) is 7.15. The van der Waals surface area contributed by atoms with Crippen molar-refractivity contribution in [2.75, 3.05) is 0 Å². The summed E-state index contributed by atoms with van der Waals surface area (Å²) in [6, 6.07) is 12.2. The first-order valence-corrected chi connectivity index (χ1v) is 11.3. The van der Waals surface area contributed by atoms with Gasteiger partial charge in [-0.1, -0.05) is 71.7 Å². The van der Waals surface area contributed by atoms with Gasteiger partial charge < -0.3 is 16.3 Å². The molecule has 1 atom stereocenters. The first kappa shape index (κ1) is 24.4. The van der Waals surface area contributed by atoms with Gasteiger partial charge in [-0.2, -0.15) is 5.10 Å². The molecule has 5 heteroatoms. The summed E-state index contributed by atoms with van der Waals surface area (Å²) >= 11 is 0. The molecule has 2 rings (SSSR count). The molecule has 31 heavy (non-hydrogen) atoms. The predicted molar refractivity (Wildman–Crippen MR) is 129 cm³/mol. The van der Waals surface area contributed by atoms with E-state index >= 15 is 0 Å². The van der Waals surface area contributed by atoms with Crippen molar-refractivity contribution < 1.29 is 9.53 Å². The number of aryl methyl sites for hydroxylation is 2. The lowest BCUT2D eigenvalue weighted by atomic mass is 9.95. The second-order valence-electron chi connectivity index (χ2n) is 8.27. The highest BCUT2D eigenvalue weighted by Gasteiger charge is 2.23.